The lowest BCUT2D eigenvalue weighted by Crippen LogP contribution is -2.35. The van der Waals surface area contributed by atoms with Gasteiger partial charge in [0.25, 0.3) is 10.0 Å². The van der Waals surface area contributed by atoms with Crippen LogP contribution < -0.4 is 5.32 Å². The van der Waals surface area contributed by atoms with E-state index >= 15 is 0 Å². The van der Waals surface area contributed by atoms with Crippen LogP contribution in [0.15, 0.2) is 53.7 Å². The number of nitriles is 1. The van der Waals surface area contributed by atoms with Crippen LogP contribution in [0.1, 0.15) is 38.2 Å². The second-order valence-electron chi connectivity index (χ2n) is 8.43. The number of aliphatic hydroxyl groups excluding tert-OH is 1. The molecule has 0 saturated carbocycles. The average molecular weight is 465 g/mol. The quantitative estimate of drug-likeness (QED) is 0.465. The van der Waals surface area contributed by atoms with Crippen LogP contribution in [0.3, 0.4) is 0 Å². The standard InChI is InChI=1S/C23H24N6O3S/c1-14(12-24)20-19(8-10-25-20)29-21-17-9-11-28(33(31,32)16-6-4-3-5-7-16)23(17)26-13-18(21)27-22(29)15(2)30/h3-7,9,11,13-15,19-20,25,30H,8,10H2,1-2H3/t14?,15-,19?,20?/m1/s1. The van der Waals surface area contributed by atoms with E-state index in [2.05, 4.69) is 21.4 Å². The lowest BCUT2D eigenvalue weighted by Gasteiger charge is -2.26. The molecule has 4 heterocycles. The number of fused-ring (bicyclic) bond motifs is 3. The van der Waals surface area contributed by atoms with Gasteiger partial charge in [-0.2, -0.15) is 5.26 Å². The molecule has 10 heteroatoms. The highest BCUT2D eigenvalue weighted by molar-refractivity contribution is 7.90. The summed E-state index contributed by atoms with van der Waals surface area (Å²) in [7, 11) is -3.84. The second-order valence-corrected chi connectivity index (χ2v) is 10.2. The van der Waals surface area contributed by atoms with E-state index in [-0.39, 0.29) is 22.9 Å². The summed E-state index contributed by atoms with van der Waals surface area (Å²) in [5.74, 6) is 0.221. The first-order valence-corrected chi connectivity index (χ1v) is 12.3. The third kappa shape index (κ3) is 3.31. The molecule has 1 saturated heterocycles. The molecule has 1 aromatic carbocycles. The minimum Gasteiger partial charge on any atom is -0.385 e. The van der Waals surface area contributed by atoms with E-state index < -0.39 is 16.1 Å². The van der Waals surface area contributed by atoms with Gasteiger partial charge in [0.2, 0.25) is 0 Å². The van der Waals surface area contributed by atoms with Crippen molar-refractivity contribution in [3.63, 3.8) is 0 Å². The number of hydrogen-bond acceptors (Lipinski definition) is 7. The van der Waals surface area contributed by atoms with Gasteiger partial charge in [-0.15, -0.1) is 0 Å². The number of nitrogens with zero attached hydrogens (tertiary/aromatic N) is 5. The van der Waals surface area contributed by atoms with Crippen molar-refractivity contribution in [3.8, 4) is 6.07 Å². The van der Waals surface area contributed by atoms with Crippen molar-refractivity contribution < 1.29 is 13.5 Å². The molecule has 9 nitrogen and oxygen atoms in total. The number of pyridine rings is 1. The Hall–Kier alpha value is -3.26. The van der Waals surface area contributed by atoms with Gasteiger partial charge in [0.15, 0.2) is 5.65 Å². The van der Waals surface area contributed by atoms with Gasteiger partial charge in [0, 0.05) is 17.6 Å². The fourth-order valence-corrected chi connectivity index (χ4v) is 6.11. The van der Waals surface area contributed by atoms with E-state index in [0.29, 0.717) is 27.9 Å². The van der Waals surface area contributed by atoms with Gasteiger partial charge in [0.1, 0.15) is 17.4 Å². The molecule has 5 rings (SSSR count). The van der Waals surface area contributed by atoms with Crippen molar-refractivity contribution in [1.29, 1.82) is 5.26 Å². The number of benzene rings is 1. The van der Waals surface area contributed by atoms with Crippen molar-refractivity contribution in [2.24, 2.45) is 5.92 Å². The van der Waals surface area contributed by atoms with Gasteiger partial charge in [-0.3, -0.25) is 0 Å². The minimum absolute atomic E-state index is 0.117. The summed E-state index contributed by atoms with van der Waals surface area (Å²) < 4.78 is 29.7. The first-order chi connectivity index (χ1) is 15.8. The van der Waals surface area contributed by atoms with Gasteiger partial charge in [0.05, 0.1) is 34.6 Å². The average Bonchev–Trinajstić information content (AvgIpc) is 3.54. The zero-order chi connectivity index (χ0) is 23.3. The van der Waals surface area contributed by atoms with E-state index in [1.807, 2.05) is 11.5 Å². The van der Waals surface area contributed by atoms with Crippen molar-refractivity contribution in [2.45, 2.75) is 43.4 Å². The van der Waals surface area contributed by atoms with Gasteiger partial charge in [-0.1, -0.05) is 18.2 Å². The van der Waals surface area contributed by atoms with Crippen LogP contribution >= 0.6 is 0 Å². The number of nitrogens with one attached hydrogen (secondary N) is 1. The van der Waals surface area contributed by atoms with Gasteiger partial charge in [-0.05, 0) is 45.0 Å². The van der Waals surface area contributed by atoms with Crippen molar-refractivity contribution >= 4 is 32.1 Å². The lowest BCUT2D eigenvalue weighted by atomic mass is 9.97. The molecule has 2 N–H and O–H groups in total. The Labute approximate surface area is 191 Å². The molecule has 0 amide bonds. The number of aliphatic hydroxyl groups is 1. The Kier molecular flexibility index (Phi) is 5.20. The fraction of sp³-hybridized carbons (Fsp3) is 0.348. The highest BCUT2D eigenvalue weighted by atomic mass is 32.2. The van der Waals surface area contributed by atoms with E-state index in [9.17, 15) is 18.8 Å². The predicted molar refractivity (Wildman–Crippen MR) is 123 cm³/mol. The lowest BCUT2D eigenvalue weighted by molar-refractivity contribution is 0.179. The largest absolute Gasteiger partial charge is 0.385 e. The third-order valence-electron chi connectivity index (χ3n) is 6.34. The topological polar surface area (TPSA) is 126 Å². The van der Waals surface area contributed by atoms with Crippen LogP contribution in [0.2, 0.25) is 0 Å². The maximum atomic E-state index is 13.3. The van der Waals surface area contributed by atoms with E-state index in [1.54, 1.807) is 49.5 Å². The number of hydrogen-bond donors (Lipinski definition) is 2. The van der Waals surface area contributed by atoms with Crippen LogP contribution in [-0.2, 0) is 10.0 Å². The molecule has 3 aromatic heterocycles. The summed E-state index contributed by atoms with van der Waals surface area (Å²) in [6.45, 7) is 4.26. The van der Waals surface area contributed by atoms with Crippen LogP contribution in [0, 0.1) is 17.2 Å². The van der Waals surface area contributed by atoms with Crippen LogP contribution in [0.25, 0.3) is 22.1 Å². The molecule has 4 atom stereocenters. The van der Waals surface area contributed by atoms with Crippen LogP contribution in [0.5, 0.6) is 0 Å². The molecular weight excluding hydrogens is 440 g/mol. The molecule has 4 aromatic rings. The van der Waals surface area contributed by atoms with E-state index in [4.69, 9.17) is 0 Å². The van der Waals surface area contributed by atoms with E-state index in [0.717, 1.165) is 13.0 Å². The molecule has 0 radical (unpaired) electrons. The Morgan fingerprint density at radius 3 is 2.70 bits per heavy atom. The van der Waals surface area contributed by atoms with Crippen LogP contribution in [0.4, 0.5) is 0 Å². The summed E-state index contributed by atoms with van der Waals surface area (Å²) in [4.78, 5) is 9.24. The first-order valence-electron chi connectivity index (χ1n) is 10.8. The summed E-state index contributed by atoms with van der Waals surface area (Å²) in [6.07, 6.45) is 2.96. The molecule has 1 fully saturated rings. The third-order valence-corrected chi connectivity index (χ3v) is 8.02. The minimum atomic E-state index is -3.84. The molecule has 1 aliphatic heterocycles. The molecule has 170 valence electrons. The Morgan fingerprint density at radius 2 is 2.00 bits per heavy atom. The fourth-order valence-electron chi connectivity index (χ4n) is 4.79. The van der Waals surface area contributed by atoms with Gasteiger partial charge < -0.3 is 15.0 Å². The SMILES string of the molecule is CC(C#N)C1NCCC1n1c([C@@H](C)O)nc2cnc3c(ccn3S(=O)(=O)c3ccccc3)c21. The zero-order valence-electron chi connectivity index (χ0n) is 18.3. The second kappa shape index (κ2) is 7.95. The van der Waals surface area contributed by atoms with E-state index in [1.165, 1.54) is 10.2 Å². The van der Waals surface area contributed by atoms with Crippen molar-refractivity contribution in [3.05, 3.63) is 54.6 Å². The van der Waals surface area contributed by atoms with Gasteiger partial charge in [-0.25, -0.2) is 22.4 Å². The summed E-state index contributed by atoms with van der Waals surface area (Å²) in [6, 6.07) is 12.0. The molecule has 33 heavy (non-hydrogen) atoms. The molecule has 1 aliphatic rings. The molecule has 0 aliphatic carbocycles. The van der Waals surface area contributed by atoms with Crippen molar-refractivity contribution in [2.75, 3.05) is 6.54 Å². The van der Waals surface area contributed by atoms with Gasteiger partial charge >= 0.3 is 0 Å². The highest BCUT2D eigenvalue weighted by Gasteiger charge is 2.36. The zero-order valence-corrected chi connectivity index (χ0v) is 19.1. The maximum absolute atomic E-state index is 13.3. The number of aromatic nitrogens is 4. The summed E-state index contributed by atoms with van der Waals surface area (Å²) >= 11 is 0. The Morgan fingerprint density at radius 1 is 1.24 bits per heavy atom. The number of rotatable bonds is 5. The molecule has 0 spiro atoms. The normalized spacial score (nSPS) is 20.8. The van der Waals surface area contributed by atoms with Crippen molar-refractivity contribution in [1.82, 2.24) is 23.8 Å². The predicted octanol–water partition coefficient (Wildman–Crippen LogP) is 2.74. The monoisotopic (exact) mass is 464 g/mol. The first kappa shape index (κ1) is 21.6. The highest BCUT2D eigenvalue weighted by Crippen LogP contribution is 2.36. The van der Waals surface area contributed by atoms with Crippen LogP contribution in [-0.4, -0.2) is 44.6 Å². The molecule has 0 bridgehead atoms. The maximum Gasteiger partial charge on any atom is 0.269 e. The summed E-state index contributed by atoms with van der Waals surface area (Å²) in [5, 5.41) is 24.1. The smallest absolute Gasteiger partial charge is 0.269 e. The summed E-state index contributed by atoms with van der Waals surface area (Å²) in [5.41, 5.74) is 1.57. The number of imidazole rings is 1. The Bertz CT molecular complexity index is 1480. The molecule has 3 unspecified atom stereocenters. The Balaban J connectivity index is 1.77. The molecular formula is C23H24N6O3S.